The first-order chi connectivity index (χ1) is 8.32. The van der Waals surface area contributed by atoms with E-state index in [2.05, 4.69) is 62.5 Å². The Morgan fingerprint density at radius 1 is 1.39 bits per heavy atom. The van der Waals surface area contributed by atoms with E-state index in [4.69, 9.17) is 5.73 Å². The van der Waals surface area contributed by atoms with Crippen molar-refractivity contribution in [3.63, 3.8) is 0 Å². The average Bonchev–Trinajstić information content (AvgIpc) is 2.71. The average molecular weight is 252 g/mol. The molecule has 0 fully saturated rings. The van der Waals surface area contributed by atoms with Crippen LogP contribution in [0.1, 0.15) is 39.1 Å². The lowest BCUT2D eigenvalue weighted by molar-refractivity contribution is 0.156. The predicted octanol–water partition coefficient (Wildman–Crippen LogP) is 1.68. The maximum absolute atomic E-state index is 6.38. The smallest absolute Gasteiger partial charge is 0.0624 e. The van der Waals surface area contributed by atoms with Crippen LogP contribution in [-0.4, -0.2) is 40.4 Å². The van der Waals surface area contributed by atoms with Crippen LogP contribution in [0.25, 0.3) is 0 Å². The van der Waals surface area contributed by atoms with Crippen LogP contribution < -0.4 is 5.73 Å². The highest BCUT2D eigenvalue weighted by molar-refractivity contribution is 5.13. The molecule has 0 spiro atoms. The van der Waals surface area contributed by atoms with E-state index >= 15 is 0 Å². The van der Waals surface area contributed by atoms with Gasteiger partial charge < -0.3 is 10.6 Å². The standard InChI is InChI=1S/C14H28N4/c1-7-11-9-12(18(8-2)16-11)10-13(15)14(3,4)17(5)6/h9,13H,7-8,10,15H2,1-6H3. The van der Waals surface area contributed by atoms with Gasteiger partial charge in [-0.3, -0.25) is 4.68 Å². The minimum absolute atomic E-state index is 0.0186. The number of likely N-dealkylation sites (N-methyl/N-ethyl adjacent to an activating group) is 1. The van der Waals surface area contributed by atoms with E-state index in [-0.39, 0.29) is 11.6 Å². The Labute approximate surface area is 111 Å². The van der Waals surface area contributed by atoms with Crippen LogP contribution in [0.5, 0.6) is 0 Å². The lowest BCUT2D eigenvalue weighted by atomic mass is 9.90. The van der Waals surface area contributed by atoms with Gasteiger partial charge in [-0.1, -0.05) is 6.92 Å². The van der Waals surface area contributed by atoms with Crippen molar-refractivity contribution in [2.24, 2.45) is 5.73 Å². The van der Waals surface area contributed by atoms with Gasteiger partial charge in [0.05, 0.1) is 5.69 Å². The number of nitrogens with two attached hydrogens (primary N) is 1. The molecule has 0 aliphatic heterocycles. The van der Waals surface area contributed by atoms with Gasteiger partial charge in [0.15, 0.2) is 0 Å². The SMILES string of the molecule is CCc1cc(CC(N)C(C)(C)N(C)C)n(CC)n1. The van der Waals surface area contributed by atoms with Crippen LogP contribution in [0, 0.1) is 0 Å². The largest absolute Gasteiger partial charge is 0.326 e. The van der Waals surface area contributed by atoms with E-state index in [0.717, 1.165) is 25.1 Å². The summed E-state index contributed by atoms with van der Waals surface area (Å²) < 4.78 is 2.07. The van der Waals surface area contributed by atoms with E-state index in [1.54, 1.807) is 0 Å². The van der Waals surface area contributed by atoms with Crippen molar-refractivity contribution in [1.29, 1.82) is 0 Å². The molecule has 2 N–H and O–H groups in total. The number of hydrogen-bond acceptors (Lipinski definition) is 3. The van der Waals surface area contributed by atoms with Crippen LogP contribution >= 0.6 is 0 Å². The summed E-state index contributed by atoms with van der Waals surface area (Å²) in [7, 11) is 4.16. The van der Waals surface area contributed by atoms with E-state index in [1.165, 1.54) is 5.69 Å². The summed E-state index contributed by atoms with van der Waals surface area (Å²) in [6.45, 7) is 9.54. The Kier molecular flexibility index (Phi) is 4.93. The van der Waals surface area contributed by atoms with E-state index in [9.17, 15) is 0 Å². The van der Waals surface area contributed by atoms with Crippen LogP contribution in [0.15, 0.2) is 6.07 Å². The zero-order valence-corrected chi connectivity index (χ0v) is 12.7. The molecule has 18 heavy (non-hydrogen) atoms. The molecule has 1 unspecified atom stereocenters. The third kappa shape index (κ3) is 3.12. The van der Waals surface area contributed by atoms with Gasteiger partial charge in [0.2, 0.25) is 0 Å². The molecule has 0 radical (unpaired) electrons. The van der Waals surface area contributed by atoms with Gasteiger partial charge in [0.25, 0.3) is 0 Å². The van der Waals surface area contributed by atoms with Gasteiger partial charge in [0, 0.05) is 30.2 Å². The van der Waals surface area contributed by atoms with Crippen molar-refractivity contribution in [2.75, 3.05) is 14.1 Å². The minimum atomic E-state index is -0.0186. The number of rotatable bonds is 6. The van der Waals surface area contributed by atoms with Crippen molar-refractivity contribution in [3.05, 3.63) is 17.5 Å². The van der Waals surface area contributed by atoms with E-state index in [0.29, 0.717) is 0 Å². The third-order valence-corrected chi connectivity index (χ3v) is 4.06. The lowest BCUT2D eigenvalue weighted by Crippen LogP contribution is -2.54. The molecule has 0 bridgehead atoms. The Balaban J connectivity index is 2.87. The lowest BCUT2D eigenvalue weighted by Gasteiger charge is -2.38. The highest BCUT2D eigenvalue weighted by Crippen LogP contribution is 2.18. The molecule has 1 heterocycles. The Morgan fingerprint density at radius 2 is 2.00 bits per heavy atom. The molecule has 0 aromatic carbocycles. The molecule has 0 aliphatic rings. The van der Waals surface area contributed by atoms with Gasteiger partial charge in [-0.25, -0.2) is 0 Å². The third-order valence-electron chi connectivity index (χ3n) is 4.06. The van der Waals surface area contributed by atoms with Crippen LogP contribution in [0.2, 0.25) is 0 Å². The number of hydrogen-bond donors (Lipinski definition) is 1. The zero-order valence-electron chi connectivity index (χ0n) is 12.7. The quantitative estimate of drug-likeness (QED) is 0.838. The van der Waals surface area contributed by atoms with Crippen molar-refractivity contribution in [2.45, 2.75) is 58.7 Å². The molecule has 0 saturated carbocycles. The van der Waals surface area contributed by atoms with Crippen LogP contribution in [-0.2, 0) is 19.4 Å². The normalized spacial score (nSPS) is 14.2. The molecule has 1 rings (SSSR count). The first kappa shape index (κ1) is 15.2. The first-order valence-electron chi connectivity index (χ1n) is 6.81. The maximum Gasteiger partial charge on any atom is 0.0624 e. The van der Waals surface area contributed by atoms with E-state index in [1.807, 2.05) is 0 Å². The van der Waals surface area contributed by atoms with Crippen LogP contribution in [0.4, 0.5) is 0 Å². The topological polar surface area (TPSA) is 47.1 Å². The molecule has 1 aromatic rings. The second-order valence-corrected chi connectivity index (χ2v) is 5.66. The summed E-state index contributed by atoms with van der Waals surface area (Å²) in [6.07, 6.45) is 1.85. The van der Waals surface area contributed by atoms with E-state index < -0.39 is 0 Å². The highest BCUT2D eigenvalue weighted by atomic mass is 15.3. The number of aryl methyl sites for hydroxylation is 2. The summed E-state index contributed by atoms with van der Waals surface area (Å²) >= 11 is 0. The second kappa shape index (κ2) is 5.85. The molecular formula is C14H28N4. The van der Waals surface area contributed by atoms with Crippen molar-refractivity contribution >= 4 is 0 Å². The summed E-state index contributed by atoms with van der Waals surface area (Å²) in [6, 6.07) is 2.29. The van der Waals surface area contributed by atoms with Gasteiger partial charge in [-0.15, -0.1) is 0 Å². The first-order valence-corrected chi connectivity index (χ1v) is 6.81. The molecule has 0 amide bonds. The summed E-state index contributed by atoms with van der Waals surface area (Å²) in [4.78, 5) is 2.19. The van der Waals surface area contributed by atoms with Gasteiger partial charge in [0.1, 0.15) is 0 Å². The second-order valence-electron chi connectivity index (χ2n) is 5.66. The number of aromatic nitrogens is 2. The fourth-order valence-electron chi connectivity index (χ4n) is 1.93. The summed E-state index contributed by atoms with van der Waals surface area (Å²) in [5, 5.41) is 4.57. The molecule has 1 atom stereocenters. The Morgan fingerprint density at radius 3 is 2.44 bits per heavy atom. The predicted molar refractivity (Wildman–Crippen MR) is 76.7 cm³/mol. The molecule has 0 saturated heterocycles. The van der Waals surface area contributed by atoms with Crippen molar-refractivity contribution in [3.8, 4) is 0 Å². The van der Waals surface area contributed by atoms with Gasteiger partial charge >= 0.3 is 0 Å². The maximum atomic E-state index is 6.38. The molecular weight excluding hydrogens is 224 g/mol. The molecule has 4 nitrogen and oxygen atoms in total. The fourth-order valence-corrected chi connectivity index (χ4v) is 1.93. The van der Waals surface area contributed by atoms with Gasteiger partial charge in [-0.2, -0.15) is 5.10 Å². The zero-order chi connectivity index (χ0) is 13.9. The molecule has 4 heteroatoms. The number of nitrogens with zero attached hydrogens (tertiary/aromatic N) is 3. The summed E-state index contributed by atoms with van der Waals surface area (Å²) in [5.41, 5.74) is 8.76. The van der Waals surface area contributed by atoms with Gasteiger partial charge in [-0.05, 0) is 47.4 Å². The monoisotopic (exact) mass is 252 g/mol. The summed E-state index contributed by atoms with van der Waals surface area (Å²) in [5.74, 6) is 0. The Bertz CT molecular complexity index is 379. The fraction of sp³-hybridized carbons (Fsp3) is 0.786. The molecule has 0 aliphatic carbocycles. The Hall–Kier alpha value is -0.870. The molecule has 104 valence electrons. The highest BCUT2D eigenvalue weighted by Gasteiger charge is 2.29. The van der Waals surface area contributed by atoms with Crippen molar-refractivity contribution in [1.82, 2.24) is 14.7 Å². The molecule has 1 aromatic heterocycles. The van der Waals surface area contributed by atoms with Crippen LogP contribution in [0.3, 0.4) is 0 Å². The minimum Gasteiger partial charge on any atom is -0.326 e. The van der Waals surface area contributed by atoms with Crippen molar-refractivity contribution < 1.29 is 0 Å².